The Kier molecular flexibility index (Phi) is 5.15. The van der Waals surface area contributed by atoms with Gasteiger partial charge in [0.1, 0.15) is 5.82 Å². The molecule has 4 heteroatoms. The zero-order valence-electron chi connectivity index (χ0n) is 13.4. The van der Waals surface area contributed by atoms with Crippen LogP contribution in [0.15, 0.2) is 18.2 Å². The topological polar surface area (TPSA) is 15.3 Å². The van der Waals surface area contributed by atoms with Crippen molar-refractivity contribution in [2.24, 2.45) is 5.92 Å². The molecular weight excluding hydrogens is 287 g/mol. The zero-order valence-corrected chi connectivity index (χ0v) is 14.2. The van der Waals surface area contributed by atoms with E-state index >= 15 is 0 Å². The Morgan fingerprint density at radius 3 is 2.57 bits per heavy atom. The summed E-state index contributed by atoms with van der Waals surface area (Å²) in [5.41, 5.74) is 1.05. The third-order valence-electron chi connectivity index (χ3n) is 4.92. The summed E-state index contributed by atoms with van der Waals surface area (Å²) in [4.78, 5) is 2.35. The van der Waals surface area contributed by atoms with Crippen molar-refractivity contribution in [2.45, 2.75) is 52.1 Å². The lowest BCUT2D eigenvalue weighted by Gasteiger charge is -2.50. The smallest absolute Gasteiger partial charge is 0.143 e. The van der Waals surface area contributed by atoms with Crippen LogP contribution in [-0.4, -0.2) is 24.7 Å². The maximum absolute atomic E-state index is 13.8. The molecule has 1 N–H and O–H groups in total. The molecule has 0 radical (unpaired) electrons. The quantitative estimate of drug-likeness (QED) is 0.882. The van der Waals surface area contributed by atoms with Crippen molar-refractivity contribution in [1.29, 1.82) is 0 Å². The van der Waals surface area contributed by atoms with E-state index in [2.05, 4.69) is 37.9 Å². The Balaban J connectivity index is 2.35. The Hall–Kier alpha value is -0.800. The highest BCUT2D eigenvalue weighted by molar-refractivity contribution is 6.30. The number of piperazine rings is 1. The van der Waals surface area contributed by atoms with Gasteiger partial charge in [-0.1, -0.05) is 39.3 Å². The van der Waals surface area contributed by atoms with E-state index in [1.54, 1.807) is 12.1 Å². The van der Waals surface area contributed by atoms with Crippen molar-refractivity contribution in [1.82, 2.24) is 5.32 Å². The Morgan fingerprint density at radius 1 is 1.38 bits per heavy atom. The van der Waals surface area contributed by atoms with Gasteiger partial charge in [-0.15, -0.1) is 0 Å². The molecule has 0 aromatic heterocycles. The lowest BCUT2D eigenvalue weighted by Crippen LogP contribution is -2.65. The van der Waals surface area contributed by atoms with E-state index < -0.39 is 0 Å². The van der Waals surface area contributed by atoms with E-state index in [4.69, 9.17) is 11.6 Å². The average Bonchev–Trinajstić information content (AvgIpc) is 2.49. The minimum absolute atomic E-state index is 0.113. The van der Waals surface area contributed by atoms with Crippen molar-refractivity contribution in [3.63, 3.8) is 0 Å². The second-order valence-corrected chi connectivity index (χ2v) is 6.81. The third kappa shape index (κ3) is 3.35. The van der Waals surface area contributed by atoms with Crippen molar-refractivity contribution < 1.29 is 4.39 Å². The summed E-state index contributed by atoms with van der Waals surface area (Å²) in [5.74, 6) is 0.164. The number of halogens is 2. The second-order valence-electron chi connectivity index (χ2n) is 6.41. The molecule has 1 aliphatic rings. The number of hydrogen-bond acceptors (Lipinski definition) is 2. The maximum Gasteiger partial charge on any atom is 0.143 e. The predicted octanol–water partition coefficient (Wildman–Crippen LogP) is 4.47. The molecular formula is C17H26ClFN2. The first kappa shape index (κ1) is 16.6. The van der Waals surface area contributed by atoms with Gasteiger partial charge in [0.25, 0.3) is 0 Å². The van der Waals surface area contributed by atoms with Crippen LogP contribution in [0, 0.1) is 11.7 Å². The largest absolute Gasteiger partial charge is 0.365 e. The summed E-state index contributed by atoms with van der Waals surface area (Å²) in [6.45, 7) is 10.7. The van der Waals surface area contributed by atoms with Gasteiger partial charge in [-0.05, 0) is 37.0 Å². The summed E-state index contributed by atoms with van der Waals surface area (Å²) in [7, 11) is 0. The normalized spacial score (nSPS) is 21.9. The average molecular weight is 313 g/mol. The fourth-order valence-corrected chi connectivity index (χ4v) is 3.31. The van der Waals surface area contributed by atoms with Gasteiger partial charge < -0.3 is 10.2 Å². The molecule has 1 aromatic carbocycles. The summed E-state index contributed by atoms with van der Waals surface area (Å²) in [6.07, 6.45) is 2.14. The Morgan fingerprint density at radius 2 is 2.05 bits per heavy atom. The number of rotatable bonds is 4. The second kappa shape index (κ2) is 6.53. The van der Waals surface area contributed by atoms with Crippen LogP contribution >= 0.6 is 11.6 Å². The van der Waals surface area contributed by atoms with Crippen molar-refractivity contribution in [3.05, 3.63) is 29.0 Å². The first-order valence-electron chi connectivity index (χ1n) is 7.89. The summed E-state index contributed by atoms with van der Waals surface area (Å²) >= 11 is 5.82. The van der Waals surface area contributed by atoms with E-state index in [1.165, 1.54) is 0 Å². The molecule has 0 bridgehead atoms. The van der Waals surface area contributed by atoms with E-state index in [0.717, 1.165) is 31.6 Å². The number of hydrogen-bond donors (Lipinski definition) is 1. The standard InChI is InChI=1S/C17H26ClFN2/c1-5-17(6-2)11-21(16(10-20-17)12(3)4)13-7-8-14(18)15(19)9-13/h7-9,12,16,20H,5-6,10-11H2,1-4H3. The monoisotopic (exact) mass is 312 g/mol. The molecule has 2 rings (SSSR count). The number of anilines is 1. The molecule has 0 spiro atoms. The van der Waals surface area contributed by atoms with Crippen molar-refractivity contribution >= 4 is 17.3 Å². The lowest BCUT2D eigenvalue weighted by molar-refractivity contribution is 0.227. The van der Waals surface area contributed by atoms with Gasteiger partial charge in [0.15, 0.2) is 0 Å². The molecule has 21 heavy (non-hydrogen) atoms. The van der Waals surface area contributed by atoms with Crippen LogP contribution < -0.4 is 10.2 Å². The van der Waals surface area contributed by atoms with Gasteiger partial charge in [-0.2, -0.15) is 0 Å². The van der Waals surface area contributed by atoms with Crippen LogP contribution in [0.5, 0.6) is 0 Å². The molecule has 118 valence electrons. The van der Waals surface area contributed by atoms with Crippen LogP contribution in [0.3, 0.4) is 0 Å². The van der Waals surface area contributed by atoms with Gasteiger partial charge in [0.2, 0.25) is 0 Å². The van der Waals surface area contributed by atoms with E-state index in [9.17, 15) is 4.39 Å². The van der Waals surface area contributed by atoms with Gasteiger partial charge >= 0.3 is 0 Å². The SMILES string of the molecule is CCC1(CC)CN(c2ccc(Cl)c(F)c2)C(C(C)C)CN1. The summed E-state index contributed by atoms with van der Waals surface area (Å²) in [5, 5.41) is 3.91. The molecule has 0 amide bonds. The van der Waals surface area contributed by atoms with E-state index in [0.29, 0.717) is 12.0 Å². The highest BCUT2D eigenvalue weighted by atomic mass is 35.5. The van der Waals surface area contributed by atoms with Gasteiger partial charge in [-0.25, -0.2) is 4.39 Å². The number of nitrogens with one attached hydrogen (secondary N) is 1. The minimum Gasteiger partial charge on any atom is -0.365 e. The highest BCUT2D eigenvalue weighted by Crippen LogP contribution is 2.31. The first-order valence-corrected chi connectivity index (χ1v) is 8.27. The lowest BCUT2D eigenvalue weighted by atomic mass is 9.86. The number of nitrogens with zero attached hydrogens (tertiary/aromatic N) is 1. The molecule has 0 aliphatic carbocycles. The Bertz CT molecular complexity index is 486. The molecule has 1 heterocycles. The molecule has 1 unspecified atom stereocenters. The first-order chi connectivity index (χ1) is 9.92. The maximum atomic E-state index is 13.8. The predicted molar refractivity (Wildman–Crippen MR) is 88.7 cm³/mol. The van der Waals surface area contributed by atoms with Crippen molar-refractivity contribution in [3.8, 4) is 0 Å². The highest BCUT2D eigenvalue weighted by Gasteiger charge is 2.38. The molecule has 1 fully saturated rings. The molecule has 1 aromatic rings. The molecule has 2 nitrogen and oxygen atoms in total. The van der Waals surface area contributed by atoms with Gasteiger partial charge in [0.05, 0.1) is 5.02 Å². The molecule has 0 saturated carbocycles. The van der Waals surface area contributed by atoms with E-state index in [-0.39, 0.29) is 16.4 Å². The Labute approximate surface area is 132 Å². The fourth-order valence-electron chi connectivity index (χ4n) is 3.20. The van der Waals surface area contributed by atoms with Crippen molar-refractivity contribution in [2.75, 3.05) is 18.0 Å². The van der Waals surface area contributed by atoms with Crippen LogP contribution in [0.4, 0.5) is 10.1 Å². The minimum atomic E-state index is -0.339. The van der Waals surface area contributed by atoms with E-state index in [1.807, 2.05) is 6.07 Å². The zero-order chi connectivity index (χ0) is 15.6. The van der Waals surface area contributed by atoms with Crippen LogP contribution in [-0.2, 0) is 0 Å². The number of benzene rings is 1. The van der Waals surface area contributed by atoms with Gasteiger partial charge in [0, 0.05) is 30.4 Å². The van der Waals surface area contributed by atoms with Gasteiger partial charge in [-0.3, -0.25) is 0 Å². The molecule has 1 atom stereocenters. The summed E-state index contributed by atoms with van der Waals surface area (Å²) < 4.78 is 13.8. The molecule has 1 aliphatic heterocycles. The van der Waals surface area contributed by atoms with Crippen LogP contribution in [0.2, 0.25) is 5.02 Å². The van der Waals surface area contributed by atoms with Crippen LogP contribution in [0.1, 0.15) is 40.5 Å². The third-order valence-corrected chi connectivity index (χ3v) is 5.22. The fraction of sp³-hybridized carbons (Fsp3) is 0.647. The van der Waals surface area contributed by atoms with Crippen LogP contribution in [0.25, 0.3) is 0 Å². The summed E-state index contributed by atoms with van der Waals surface area (Å²) in [6, 6.07) is 5.53. The molecule has 1 saturated heterocycles.